The first-order valence-corrected chi connectivity index (χ1v) is 9.98. The van der Waals surface area contributed by atoms with Gasteiger partial charge in [-0.25, -0.2) is 9.18 Å². The highest BCUT2D eigenvalue weighted by Gasteiger charge is 2.28. The Balaban J connectivity index is 1.53. The molecule has 0 N–H and O–H groups in total. The van der Waals surface area contributed by atoms with E-state index in [9.17, 15) is 9.18 Å². The van der Waals surface area contributed by atoms with E-state index >= 15 is 0 Å². The molecule has 0 spiro atoms. The first kappa shape index (κ1) is 19.8. The summed E-state index contributed by atoms with van der Waals surface area (Å²) in [7, 11) is 0. The molecule has 2 aliphatic heterocycles. The summed E-state index contributed by atoms with van der Waals surface area (Å²) in [5.41, 5.74) is 0.382. The van der Waals surface area contributed by atoms with E-state index in [1.165, 1.54) is 6.07 Å². The predicted octanol–water partition coefficient (Wildman–Crippen LogP) is 4.45. The number of anilines is 1. The van der Waals surface area contributed by atoms with Gasteiger partial charge in [-0.3, -0.25) is 0 Å². The minimum absolute atomic E-state index is 0.257. The summed E-state index contributed by atoms with van der Waals surface area (Å²) in [6.07, 6.45) is 3.70. The average Bonchev–Trinajstić information content (AvgIpc) is 3.14. The molecule has 0 unspecified atom stereocenters. The number of piperidine rings is 1. The topological polar surface area (TPSA) is 42.0 Å². The summed E-state index contributed by atoms with van der Waals surface area (Å²) >= 11 is 0. The van der Waals surface area contributed by atoms with Crippen molar-refractivity contribution in [3.05, 3.63) is 24.0 Å². The maximum absolute atomic E-state index is 14.4. The standard InChI is InChI=1S/C21H31FN2O3/c1-21(2,3)27-20(25)24-13-9-16(10-14-24)15-26-19-17(22)7-6-8-18(19)23-11-4-5-12-23/h6-8,16H,4-5,9-15H2,1-3H3. The number of rotatable bonds is 4. The Morgan fingerprint density at radius 3 is 2.44 bits per heavy atom. The third kappa shape index (κ3) is 5.27. The Morgan fingerprint density at radius 1 is 1.15 bits per heavy atom. The highest BCUT2D eigenvalue weighted by molar-refractivity contribution is 5.68. The Morgan fingerprint density at radius 2 is 1.81 bits per heavy atom. The molecule has 0 aliphatic carbocycles. The largest absolute Gasteiger partial charge is 0.488 e. The van der Waals surface area contributed by atoms with Crippen molar-refractivity contribution in [2.24, 2.45) is 5.92 Å². The summed E-state index contributed by atoms with van der Waals surface area (Å²) in [5, 5.41) is 0. The van der Waals surface area contributed by atoms with Gasteiger partial charge in [0, 0.05) is 26.2 Å². The van der Waals surface area contributed by atoms with E-state index in [2.05, 4.69) is 4.90 Å². The van der Waals surface area contributed by atoms with E-state index < -0.39 is 5.60 Å². The van der Waals surface area contributed by atoms with Gasteiger partial charge in [0.05, 0.1) is 12.3 Å². The second-order valence-corrected chi connectivity index (χ2v) is 8.50. The fraction of sp³-hybridized carbons (Fsp3) is 0.667. The number of hydrogen-bond donors (Lipinski definition) is 0. The van der Waals surface area contributed by atoms with Gasteiger partial charge in [0.25, 0.3) is 0 Å². The molecule has 0 atom stereocenters. The Labute approximate surface area is 161 Å². The van der Waals surface area contributed by atoms with E-state index in [0.29, 0.717) is 31.4 Å². The minimum atomic E-state index is -0.478. The van der Waals surface area contributed by atoms with Crippen LogP contribution in [0.25, 0.3) is 0 Å². The van der Waals surface area contributed by atoms with Crippen LogP contribution in [0, 0.1) is 11.7 Å². The molecule has 1 aromatic rings. The van der Waals surface area contributed by atoms with Crippen molar-refractivity contribution in [1.29, 1.82) is 0 Å². The molecule has 2 aliphatic rings. The zero-order valence-corrected chi connectivity index (χ0v) is 16.7. The maximum atomic E-state index is 14.4. The maximum Gasteiger partial charge on any atom is 0.410 e. The molecule has 2 heterocycles. The average molecular weight is 378 g/mol. The van der Waals surface area contributed by atoms with Crippen molar-refractivity contribution >= 4 is 11.8 Å². The van der Waals surface area contributed by atoms with Gasteiger partial charge in [0.1, 0.15) is 5.60 Å². The number of hydrogen-bond acceptors (Lipinski definition) is 4. The molecule has 2 saturated heterocycles. The molecule has 0 saturated carbocycles. The van der Waals surface area contributed by atoms with Gasteiger partial charge in [-0.15, -0.1) is 0 Å². The Bertz CT molecular complexity index is 645. The Kier molecular flexibility index (Phi) is 6.12. The monoisotopic (exact) mass is 378 g/mol. The van der Waals surface area contributed by atoms with E-state index in [0.717, 1.165) is 44.5 Å². The fourth-order valence-corrected chi connectivity index (χ4v) is 3.66. The van der Waals surface area contributed by atoms with Crippen LogP contribution in [0.5, 0.6) is 5.75 Å². The van der Waals surface area contributed by atoms with Gasteiger partial charge >= 0.3 is 6.09 Å². The molecule has 0 aromatic heterocycles. The molecule has 1 amide bonds. The van der Waals surface area contributed by atoms with Gasteiger partial charge < -0.3 is 19.3 Å². The number of ether oxygens (including phenoxy) is 2. The summed E-state index contributed by atoms with van der Waals surface area (Å²) in [4.78, 5) is 16.1. The van der Waals surface area contributed by atoms with Crippen LogP contribution in [-0.2, 0) is 4.74 Å². The second-order valence-electron chi connectivity index (χ2n) is 8.50. The molecule has 2 fully saturated rings. The number of likely N-dealkylation sites (tertiary alicyclic amines) is 1. The van der Waals surface area contributed by atoms with Crippen LogP contribution in [-0.4, -0.2) is 49.4 Å². The van der Waals surface area contributed by atoms with E-state index in [-0.39, 0.29) is 11.9 Å². The van der Waals surface area contributed by atoms with Crippen molar-refractivity contribution in [3.8, 4) is 5.75 Å². The lowest BCUT2D eigenvalue weighted by atomic mass is 9.98. The number of benzene rings is 1. The molecule has 27 heavy (non-hydrogen) atoms. The van der Waals surface area contributed by atoms with Crippen LogP contribution in [0.4, 0.5) is 14.9 Å². The third-order valence-corrected chi connectivity index (χ3v) is 5.12. The summed E-state index contributed by atoms with van der Waals surface area (Å²) in [6, 6.07) is 5.14. The van der Waals surface area contributed by atoms with Gasteiger partial charge in [-0.05, 0) is 64.5 Å². The van der Waals surface area contributed by atoms with Crippen LogP contribution < -0.4 is 9.64 Å². The van der Waals surface area contributed by atoms with Crippen LogP contribution >= 0.6 is 0 Å². The van der Waals surface area contributed by atoms with Gasteiger partial charge in [0.15, 0.2) is 11.6 Å². The summed E-state index contributed by atoms with van der Waals surface area (Å²) in [5.74, 6) is 0.384. The highest BCUT2D eigenvalue weighted by Crippen LogP contribution is 2.34. The van der Waals surface area contributed by atoms with Crippen LogP contribution in [0.3, 0.4) is 0 Å². The molecule has 150 valence electrons. The van der Waals surface area contributed by atoms with Crippen molar-refractivity contribution in [2.75, 3.05) is 37.7 Å². The first-order chi connectivity index (χ1) is 12.8. The van der Waals surface area contributed by atoms with Crippen molar-refractivity contribution in [1.82, 2.24) is 4.90 Å². The molecule has 3 rings (SSSR count). The highest BCUT2D eigenvalue weighted by atomic mass is 19.1. The zero-order chi connectivity index (χ0) is 19.4. The summed E-state index contributed by atoms with van der Waals surface area (Å²) in [6.45, 7) is 9.30. The third-order valence-electron chi connectivity index (χ3n) is 5.12. The number of carbonyl (C=O) groups excluding carboxylic acids is 1. The van der Waals surface area contributed by atoms with Crippen molar-refractivity contribution in [3.63, 3.8) is 0 Å². The van der Waals surface area contributed by atoms with Crippen LogP contribution in [0.1, 0.15) is 46.5 Å². The second kappa shape index (κ2) is 8.36. The smallest absolute Gasteiger partial charge is 0.410 e. The lowest BCUT2D eigenvalue weighted by Crippen LogP contribution is -2.42. The zero-order valence-electron chi connectivity index (χ0n) is 16.7. The number of carbonyl (C=O) groups is 1. The van der Waals surface area contributed by atoms with Crippen molar-refractivity contribution in [2.45, 2.75) is 52.1 Å². The van der Waals surface area contributed by atoms with Crippen LogP contribution in [0.15, 0.2) is 18.2 Å². The minimum Gasteiger partial charge on any atom is -0.488 e. The summed E-state index contributed by atoms with van der Waals surface area (Å²) < 4.78 is 25.7. The molecule has 5 nitrogen and oxygen atoms in total. The molecular formula is C21H31FN2O3. The van der Waals surface area contributed by atoms with Gasteiger partial charge in [-0.1, -0.05) is 6.07 Å². The van der Waals surface area contributed by atoms with Gasteiger partial charge in [-0.2, -0.15) is 0 Å². The molecule has 1 aromatic carbocycles. The molecule has 0 bridgehead atoms. The molecule has 0 radical (unpaired) electrons. The van der Waals surface area contributed by atoms with E-state index in [4.69, 9.17) is 9.47 Å². The molecular weight excluding hydrogens is 347 g/mol. The Hall–Kier alpha value is -1.98. The lowest BCUT2D eigenvalue weighted by Gasteiger charge is -2.33. The van der Waals surface area contributed by atoms with Gasteiger partial charge in [0.2, 0.25) is 0 Å². The van der Waals surface area contributed by atoms with Crippen molar-refractivity contribution < 1.29 is 18.7 Å². The predicted molar refractivity (Wildman–Crippen MR) is 104 cm³/mol. The molecule has 6 heteroatoms. The first-order valence-electron chi connectivity index (χ1n) is 9.98. The number of halogens is 1. The van der Waals surface area contributed by atoms with E-state index in [1.807, 2.05) is 26.8 Å². The number of nitrogens with zero attached hydrogens (tertiary/aromatic N) is 2. The van der Waals surface area contributed by atoms with Crippen LogP contribution in [0.2, 0.25) is 0 Å². The lowest BCUT2D eigenvalue weighted by molar-refractivity contribution is 0.0164. The quantitative estimate of drug-likeness (QED) is 0.776. The fourth-order valence-electron chi connectivity index (χ4n) is 3.66. The normalized spacial score (nSPS) is 18.7. The number of amides is 1. The van der Waals surface area contributed by atoms with E-state index in [1.54, 1.807) is 11.0 Å². The number of para-hydroxylation sites is 1. The SMILES string of the molecule is CC(C)(C)OC(=O)N1CCC(COc2c(F)cccc2N2CCCC2)CC1.